The van der Waals surface area contributed by atoms with Crippen molar-refractivity contribution in [1.29, 1.82) is 5.26 Å². The third kappa shape index (κ3) is 4.24. The second kappa shape index (κ2) is 6.75. The van der Waals surface area contributed by atoms with Crippen LogP contribution in [-0.2, 0) is 6.54 Å². The van der Waals surface area contributed by atoms with E-state index >= 15 is 0 Å². The first kappa shape index (κ1) is 12.4. The van der Waals surface area contributed by atoms with Crippen LogP contribution in [0.3, 0.4) is 0 Å². The SMILES string of the molecule is CCNc1cnc(CN(C)CCC#N)cn1. The van der Waals surface area contributed by atoms with Crippen LogP contribution in [-0.4, -0.2) is 35.0 Å². The van der Waals surface area contributed by atoms with E-state index in [1.54, 1.807) is 12.4 Å². The van der Waals surface area contributed by atoms with E-state index in [1.165, 1.54) is 0 Å². The molecule has 0 bridgehead atoms. The van der Waals surface area contributed by atoms with Crippen molar-refractivity contribution in [3.05, 3.63) is 18.1 Å². The Kier molecular flexibility index (Phi) is 5.23. The molecule has 1 aromatic heterocycles. The Morgan fingerprint density at radius 3 is 2.81 bits per heavy atom. The van der Waals surface area contributed by atoms with Crippen LogP contribution in [0.1, 0.15) is 19.0 Å². The van der Waals surface area contributed by atoms with Gasteiger partial charge in [0.05, 0.1) is 24.2 Å². The van der Waals surface area contributed by atoms with Crippen LogP contribution in [0.25, 0.3) is 0 Å². The Labute approximate surface area is 96.1 Å². The quantitative estimate of drug-likeness (QED) is 0.780. The molecule has 0 aliphatic heterocycles. The van der Waals surface area contributed by atoms with Crippen LogP contribution in [0.4, 0.5) is 5.82 Å². The Balaban J connectivity index is 2.45. The molecule has 86 valence electrons. The van der Waals surface area contributed by atoms with Gasteiger partial charge < -0.3 is 5.32 Å². The molecule has 0 aliphatic carbocycles. The van der Waals surface area contributed by atoms with Gasteiger partial charge in [0.1, 0.15) is 5.82 Å². The lowest BCUT2D eigenvalue weighted by Gasteiger charge is -2.13. The van der Waals surface area contributed by atoms with E-state index < -0.39 is 0 Å². The van der Waals surface area contributed by atoms with Crippen LogP contribution >= 0.6 is 0 Å². The molecule has 0 saturated heterocycles. The van der Waals surface area contributed by atoms with Gasteiger partial charge in [-0.2, -0.15) is 5.26 Å². The average Bonchev–Trinajstić information content (AvgIpc) is 2.29. The monoisotopic (exact) mass is 219 g/mol. The normalized spacial score (nSPS) is 10.1. The lowest BCUT2D eigenvalue weighted by molar-refractivity contribution is 0.330. The summed E-state index contributed by atoms with van der Waals surface area (Å²) in [5.74, 6) is 0.797. The van der Waals surface area contributed by atoms with Crippen LogP contribution in [0.15, 0.2) is 12.4 Å². The summed E-state index contributed by atoms with van der Waals surface area (Å²) in [7, 11) is 1.97. The van der Waals surface area contributed by atoms with Gasteiger partial charge in [0.25, 0.3) is 0 Å². The molecule has 0 saturated carbocycles. The molecule has 1 N–H and O–H groups in total. The highest BCUT2D eigenvalue weighted by atomic mass is 15.1. The summed E-state index contributed by atoms with van der Waals surface area (Å²) in [4.78, 5) is 10.6. The zero-order chi connectivity index (χ0) is 11.8. The zero-order valence-corrected chi connectivity index (χ0v) is 9.77. The number of aromatic nitrogens is 2. The second-order valence-electron chi connectivity index (χ2n) is 3.57. The van der Waals surface area contributed by atoms with Gasteiger partial charge in [-0.15, -0.1) is 0 Å². The Morgan fingerprint density at radius 1 is 1.44 bits per heavy atom. The van der Waals surface area contributed by atoms with Crippen molar-refractivity contribution in [3.63, 3.8) is 0 Å². The van der Waals surface area contributed by atoms with E-state index in [0.717, 1.165) is 31.1 Å². The molecule has 0 unspecified atom stereocenters. The highest BCUT2D eigenvalue weighted by molar-refractivity contribution is 5.30. The Hall–Kier alpha value is -1.67. The second-order valence-corrected chi connectivity index (χ2v) is 3.57. The average molecular weight is 219 g/mol. The Morgan fingerprint density at radius 2 is 2.25 bits per heavy atom. The fourth-order valence-corrected chi connectivity index (χ4v) is 1.31. The minimum atomic E-state index is 0.541. The number of anilines is 1. The predicted octanol–water partition coefficient (Wildman–Crippen LogP) is 1.25. The molecule has 5 nitrogen and oxygen atoms in total. The standard InChI is InChI=1S/C11H17N5/c1-3-13-11-8-14-10(7-15-11)9-16(2)6-4-5-12/h7-8H,3-4,6,9H2,1-2H3,(H,13,15). The maximum atomic E-state index is 8.46. The van der Waals surface area contributed by atoms with Crippen molar-refractivity contribution in [3.8, 4) is 6.07 Å². The lowest BCUT2D eigenvalue weighted by atomic mass is 10.3. The zero-order valence-electron chi connectivity index (χ0n) is 9.77. The summed E-state index contributed by atoms with van der Waals surface area (Å²) in [6.07, 6.45) is 4.04. The maximum Gasteiger partial charge on any atom is 0.144 e. The van der Waals surface area contributed by atoms with Crippen molar-refractivity contribution >= 4 is 5.82 Å². The maximum absolute atomic E-state index is 8.46. The van der Waals surface area contributed by atoms with Crippen LogP contribution in [0.2, 0.25) is 0 Å². The van der Waals surface area contributed by atoms with Crippen LogP contribution < -0.4 is 5.32 Å². The molecule has 0 spiro atoms. The third-order valence-corrected chi connectivity index (χ3v) is 2.10. The van der Waals surface area contributed by atoms with Gasteiger partial charge in [-0.25, -0.2) is 4.98 Å². The first-order valence-corrected chi connectivity index (χ1v) is 5.36. The summed E-state index contributed by atoms with van der Waals surface area (Å²) in [5, 5.41) is 11.6. The summed E-state index contributed by atoms with van der Waals surface area (Å²) >= 11 is 0. The molecule has 5 heteroatoms. The third-order valence-electron chi connectivity index (χ3n) is 2.10. The number of hydrogen-bond donors (Lipinski definition) is 1. The van der Waals surface area contributed by atoms with Crippen LogP contribution in [0.5, 0.6) is 0 Å². The summed E-state index contributed by atoms with van der Waals surface area (Å²) in [5.41, 5.74) is 0.919. The van der Waals surface area contributed by atoms with E-state index in [1.807, 2.05) is 14.0 Å². The van der Waals surface area contributed by atoms with Crippen molar-refractivity contribution in [2.45, 2.75) is 19.9 Å². The van der Waals surface area contributed by atoms with Gasteiger partial charge in [0.2, 0.25) is 0 Å². The Bertz CT molecular complexity index is 340. The van der Waals surface area contributed by atoms with E-state index in [0.29, 0.717) is 6.42 Å². The molecule has 1 aromatic rings. The molecule has 1 heterocycles. The summed E-state index contributed by atoms with van der Waals surface area (Å²) in [6.45, 7) is 4.34. The van der Waals surface area contributed by atoms with Crippen molar-refractivity contribution < 1.29 is 0 Å². The van der Waals surface area contributed by atoms with Crippen molar-refractivity contribution in [2.24, 2.45) is 0 Å². The van der Waals surface area contributed by atoms with Gasteiger partial charge in [0, 0.05) is 26.1 Å². The molecule has 0 aromatic carbocycles. The molecule has 0 fully saturated rings. The minimum Gasteiger partial charge on any atom is -0.369 e. The largest absolute Gasteiger partial charge is 0.369 e. The highest BCUT2D eigenvalue weighted by Gasteiger charge is 2.01. The first-order valence-electron chi connectivity index (χ1n) is 5.36. The van der Waals surface area contributed by atoms with E-state index in [4.69, 9.17) is 5.26 Å². The van der Waals surface area contributed by atoms with Gasteiger partial charge in [-0.1, -0.05) is 0 Å². The predicted molar refractivity (Wildman–Crippen MR) is 62.8 cm³/mol. The smallest absolute Gasteiger partial charge is 0.144 e. The number of rotatable bonds is 6. The highest BCUT2D eigenvalue weighted by Crippen LogP contribution is 2.03. The number of nitriles is 1. The van der Waals surface area contributed by atoms with E-state index in [9.17, 15) is 0 Å². The minimum absolute atomic E-state index is 0.541. The first-order chi connectivity index (χ1) is 7.76. The number of nitrogens with one attached hydrogen (secondary N) is 1. The topological polar surface area (TPSA) is 64.8 Å². The van der Waals surface area contributed by atoms with E-state index in [-0.39, 0.29) is 0 Å². The van der Waals surface area contributed by atoms with Gasteiger partial charge in [-0.05, 0) is 14.0 Å². The fraction of sp³-hybridized carbons (Fsp3) is 0.545. The number of nitrogens with zero attached hydrogens (tertiary/aromatic N) is 4. The lowest BCUT2D eigenvalue weighted by Crippen LogP contribution is -2.19. The fourth-order valence-electron chi connectivity index (χ4n) is 1.31. The summed E-state index contributed by atoms with van der Waals surface area (Å²) < 4.78 is 0. The molecule has 1 rings (SSSR count). The summed E-state index contributed by atoms with van der Waals surface area (Å²) in [6, 6.07) is 2.12. The van der Waals surface area contributed by atoms with Crippen LogP contribution in [0, 0.1) is 11.3 Å². The molecule has 0 amide bonds. The number of hydrogen-bond acceptors (Lipinski definition) is 5. The molecular weight excluding hydrogens is 202 g/mol. The van der Waals surface area contributed by atoms with Crippen molar-refractivity contribution in [1.82, 2.24) is 14.9 Å². The molecule has 16 heavy (non-hydrogen) atoms. The molecule has 0 aliphatic rings. The van der Waals surface area contributed by atoms with Gasteiger partial charge in [0.15, 0.2) is 0 Å². The molecule has 0 atom stereocenters. The van der Waals surface area contributed by atoms with Gasteiger partial charge >= 0.3 is 0 Å². The molecule has 0 radical (unpaired) electrons. The van der Waals surface area contributed by atoms with Crippen molar-refractivity contribution in [2.75, 3.05) is 25.5 Å². The van der Waals surface area contributed by atoms with E-state index in [2.05, 4.69) is 26.3 Å². The van der Waals surface area contributed by atoms with Gasteiger partial charge in [-0.3, -0.25) is 9.88 Å². The molecular formula is C11H17N5.